The fraction of sp³-hybridized carbons (Fsp3) is 0.435. The second kappa shape index (κ2) is 9.37. The van der Waals surface area contributed by atoms with Crippen molar-refractivity contribution in [2.75, 3.05) is 39.4 Å². The van der Waals surface area contributed by atoms with E-state index in [1.807, 2.05) is 41.3 Å². The van der Waals surface area contributed by atoms with Gasteiger partial charge in [-0.15, -0.1) is 0 Å². The molecule has 0 spiro atoms. The maximum atomic E-state index is 13.9. The Balaban J connectivity index is 1.30. The first-order valence-corrected chi connectivity index (χ1v) is 10.3. The highest BCUT2D eigenvalue weighted by atomic mass is 19.1. The number of halogens is 1. The third kappa shape index (κ3) is 5.14. The molecule has 0 aromatic heterocycles. The monoisotopic (exact) mass is 398 g/mol. The number of amides is 1. The molecule has 5 nitrogen and oxygen atoms in total. The molecule has 29 heavy (non-hydrogen) atoms. The molecule has 2 aliphatic rings. The summed E-state index contributed by atoms with van der Waals surface area (Å²) in [4.78, 5) is 16.7. The van der Waals surface area contributed by atoms with Crippen LogP contribution >= 0.6 is 0 Å². The van der Waals surface area contributed by atoms with Crippen LogP contribution in [0.1, 0.15) is 28.8 Å². The Kier molecular flexibility index (Phi) is 6.42. The van der Waals surface area contributed by atoms with Gasteiger partial charge in [-0.25, -0.2) is 4.39 Å². The molecule has 0 saturated carbocycles. The quantitative estimate of drug-likeness (QED) is 0.775. The Morgan fingerprint density at radius 1 is 1.03 bits per heavy atom. The Morgan fingerprint density at radius 3 is 2.55 bits per heavy atom. The fourth-order valence-corrected chi connectivity index (χ4v) is 3.90. The third-order valence-electron chi connectivity index (χ3n) is 5.57. The van der Waals surface area contributed by atoms with Crippen molar-refractivity contribution >= 4 is 5.91 Å². The van der Waals surface area contributed by atoms with Gasteiger partial charge in [0, 0.05) is 43.9 Å². The average molecular weight is 398 g/mol. The molecule has 2 heterocycles. The van der Waals surface area contributed by atoms with Gasteiger partial charge >= 0.3 is 0 Å². The molecule has 0 bridgehead atoms. The van der Waals surface area contributed by atoms with Gasteiger partial charge in [0.25, 0.3) is 5.91 Å². The van der Waals surface area contributed by atoms with Gasteiger partial charge in [0.15, 0.2) is 0 Å². The lowest BCUT2D eigenvalue weighted by atomic mass is 10.1. The summed E-state index contributed by atoms with van der Waals surface area (Å²) in [5, 5.41) is 0. The molecular weight excluding hydrogens is 371 g/mol. The van der Waals surface area contributed by atoms with Crippen LogP contribution in [0.3, 0.4) is 0 Å². The van der Waals surface area contributed by atoms with E-state index in [1.54, 1.807) is 6.07 Å². The molecule has 1 amide bonds. The number of nitrogens with zero attached hydrogens (tertiary/aromatic N) is 2. The first-order chi connectivity index (χ1) is 14.2. The maximum absolute atomic E-state index is 13.9. The summed E-state index contributed by atoms with van der Waals surface area (Å²) >= 11 is 0. The highest BCUT2D eigenvalue weighted by Gasteiger charge is 2.22. The zero-order valence-electron chi connectivity index (χ0n) is 16.6. The summed E-state index contributed by atoms with van der Waals surface area (Å²) < 4.78 is 25.3. The normalized spacial score (nSPS) is 18.6. The highest BCUT2D eigenvalue weighted by Crippen LogP contribution is 2.22. The minimum atomic E-state index is -0.146. The molecule has 0 atom stereocenters. The standard InChI is InChI=1S/C23H27FN2O3/c24-22-7-2-1-4-19(22)17-25-10-8-20(9-11-25)29-21-6-3-5-18(16-21)23(27)26-12-14-28-15-13-26/h1-7,16,20H,8-15,17H2. The lowest BCUT2D eigenvalue weighted by Crippen LogP contribution is -2.40. The molecule has 2 aromatic rings. The van der Waals surface area contributed by atoms with Crippen LogP contribution in [0.5, 0.6) is 5.75 Å². The summed E-state index contributed by atoms with van der Waals surface area (Å²) in [6.07, 6.45) is 1.88. The number of hydrogen-bond acceptors (Lipinski definition) is 4. The number of benzene rings is 2. The zero-order chi connectivity index (χ0) is 20.1. The van der Waals surface area contributed by atoms with E-state index in [0.29, 0.717) is 38.4 Å². The number of rotatable bonds is 5. The van der Waals surface area contributed by atoms with Crippen LogP contribution in [0, 0.1) is 5.82 Å². The number of likely N-dealkylation sites (tertiary alicyclic amines) is 1. The maximum Gasteiger partial charge on any atom is 0.254 e. The molecule has 154 valence electrons. The van der Waals surface area contributed by atoms with Crippen LogP contribution in [0.2, 0.25) is 0 Å². The summed E-state index contributed by atoms with van der Waals surface area (Å²) in [5.41, 5.74) is 1.39. The van der Waals surface area contributed by atoms with E-state index < -0.39 is 0 Å². The van der Waals surface area contributed by atoms with Gasteiger partial charge in [-0.05, 0) is 37.1 Å². The molecule has 0 aliphatic carbocycles. The van der Waals surface area contributed by atoms with Gasteiger partial charge < -0.3 is 14.4 Å². The average Bonchev–Trinajstić information content (AvgIpc) is 2.77. The van der Waals surface area contributed by atoms with E-state index in [4.69, 9.17) is 9.47 Å². The predicted octanol–water partition coefficient (Wildman–Crippen LogP) is 3.34. The second-order valence-electron chi connectivity index (χ2n) is 7.62. The molecule has 0 unspecified atom stereocenters. The van der Waals surface area contributed by atoms with E-state index in [0.717, 1.165) is 37.2 Å². The van der Waals surface area contributed by atoms with Crippen molar-refractivity contribution in [2.45, 2.75) is 25.5 Å². The molecule has 2 saturated heterocycles. The van der Waals surface area contributed by atoms with Crippen molar-refractivity contribution in [1.82, 2.24) is 9.80 Å². The summed E-state index contributed by atoms with van der Waals surface area (Å²) in [5.74, 6) is 0.614. The number of carbonyl (C=O) groups is 1. The lowest BCUT2D eigenvalue weighted by Gasteiger charge is -2.32. The number of hydrogen-bond donors (Lipinski definition) is 0. The van der Waals surface area contributed by atoms with E-state index in [2.05, 4.69) is 4.90 Å². The highest BCUT2D eigenvalue weighted by molar-refractivity contribution is 5.94. The molecular formula is C23H27FN2O3. The number of piperidine rings is 1. The first-order valence-electron chi connectivity index (χ1n) is 10.3. The summed E-state index contributed by atoms with van der Waals surface area (Å²) in [6, 6.07) is 14.4. The van der Waals surface area contributed by atoms with Crippen LogP contribution in [0.4, 0.5) is 4.39 Å². The number of morpholine rings is 1. The minimum Gasteiger partial charge on any atom is -0.490 e. The van der Waals surface area contributed by atoms with Crippen LogP contribution in [0.15, 0.2) is 48.5 Å². The SMILES string of the molecule is O=C(c1cccc(OC2CCN(Cc3ccccc3F)CC2)c1)N1CCOCC1. The Bertz CT molecular complexity index is 830. The Morgan fingerprint density at radius 2 is 1.79 bits per heavy atom. The molecule has 0 N–H and O–H groups in total. The molecule has 4 rings (SSSR count). The zero-order valence-corrected chi connectivity index (χ0v) is 16.6. The van der Waals surface area contributed by atoms with Crippen molar-refractivity contribution in [3.8, 4) is 5.75 Å². The van der Waals surface area contributed by atoms with E-state index in [-0.39, 0.29) is 17.8 Å². The van der Waals surface area contributed by atoms with E-state index >= 15 is 0 Å². The van der Waals surface area contributed by atoms with Crippen LogP contribution in [-0.4, -0.2) is 61.2 Å². The second-order valence-corrected chi connectivity index (χ2v) is 7.62. The largest absolute Gasteiger partial charge is 0.490 e. The van der Waals surface area contributed by atoms with Crippen molar-refractivity contribution in [1.29, 1.82) is 0 Å². The lowest BCUT2D eigenvalue weighted by molar-refractivity contribution is 0.0302. The predicted molar refractivity (Wildman–Crippen MR) is 108 cm³/mol. The minimum absolute atomic E-state index is 0.0263. The summed E-state index contributed by atoms with van der Waals surface area (Å²) in [7, 11) is 0. The number of carbonyl (C=O) groups excluding carboxylic acids is 1. The Hall–Kier alpha value is -2.44. The van der Waals surface area contributed by atoms with Gasteiger partial charge in [0.2, 0.25) is 0 Å². The van der Waals surface area contributed by atoms with Crippen molar-refractivity contribution in [2.24, 2.45) is 0 Å². The molecule has 0 radical (unpaired) electrons. The topological polar surface area (TPSA) is 42.0 Å². The van der Waals surface area contributed by atoms with Gasteiger partial charge in [-0.2, -0.15) is 0 Å². The fourth-order valence-electron chi connectivity index (χ4n) is 3.90. The van der Waals surface area contributed by atoms with Crippen molar-refractivity contribution < 1.29 is 18.7 Å². The van der Waals surface area contributed by atoms with Gasteiger partial charge in [-0.3, -0.25) is 9.69 Å². The van der Waals surface area contributed by atoms with Crippen LogP contribution in [0.25, 0.3) is 0 Å². The van der Waals surface area contributed by atoms with Crippen molar-refractivity contribution in [3.63, 3.8) is 0 Å². The molecule has 2 aromatic carbocycles. The van der Waals surface area contributed by atoms with Crippen LogP contribution < -0.4 is 4.74 Å². The first kappa shape index (κ1) is 19.9. The molecule has 6 heteroatoms. The molecule has 2 fully saturated rings. The Labute approximate surface area is 171 Å². The van der Waals surface area contributed by atoms with Gasteiger partial charge in [0.1, 0.15) is 17.7 Å². The van der Waals surface area contributed by atoms with E-state index in [9.17, 15) is 9.18 Å². The van der Waals surface area contributed by atoms with Gasteiger partial charge in [0.05, 0.1) is 13.2 Å². The number of ether oxygens (including phenoxy) is 2. The van der Waals surface area contributed by atoms with Gasteiger partial charge in [-0.1, -0.05) is 24.3 Å². The third-order valence-corrected chi connectivity index (χ3v) is 5.57. The van der Waals surface area contributed by atoms with Crippen molar-refractivity contribution in [3.05, 3.63) is 65.5 Å². The van der Waals surface area contributed by atoms with Crippen LogP contribution in [-0.2, 0) is 11.3 Å². The van der Waals surface area contributed by atoms with E-state index in [1.165, 1.54) is 6.07 Å². The summed E-state index contributed by atoms with van der Waals surface area (Å²) in [6.45, 7) is 4.80. The smallest absolute Gasteiger partial charge is 0.254 e. The molecule has 2 aliphatic heterocycles.